The molecule has 1 heterocycles. The van der Waals surface area contributed by atoms with E-state index in [-0.39, 0.29) is 6.10 Å². The lowest BCUT2D eigenvalue weighted by Gasteiger charge is -2.20. The third kappa shape index (κ3) is 4.93. The van der Waals surface area contributed by atoms with Crippen LogP contribution in [0, 0.1) is 5.92 Å². The van der Waals surface area contributed by atoms with E-state index < -0.39 is 0 Å². The summed E-state index contributed by atoms with van der Waals surface area (Å²) in [6.07, 6.45) is 9.29. The fourth-order valence-corrected chi connectivity index (χ4v) is 2.87. The van der Waals surface area contributed by atoms with Gasteiger partial charge in [0.1, 0.15) is 0 Å². The third-order valence-corrected chi connectivity index (χ3v) is 4.40. The lowest BCUT2D eigenvalue weighted by atomic mass is 9.91. The highest BCUT2D eigenvalue weighted by molar-refractivity contribution is 5.02. The van der Waals surface area contributed by atoms with Crippen molar-refractivity contribution in [3.8, 4) is 0 Å². The first-order valence-electron chi connectivity index (χ1n) is 8.38. The van der Waals surface area contributed by atoms with Gasteiger partial charge in [0.2, 0.25) is 0 Å². The van der Waals surface area contributed by atoms with Crippen molar-refractivity contribution < 1.29 is 5.11 Å². The largest absolute Gasteiger partial charge is 0.392 e. The van der Waals surface area contributed by atoms with Crippen molar-refractivity contribution in [2.24, 2.45) is 5.92 Å². The number of unbranched alkanes of at least 4 members (excludes halogenated alkanes) is 1. The second kappa shape index (κ2) is 9.17. The van der Waals surface area contributed by atoms with E-state index in [1.54, 1.807) is 0 Å². The molecule has 0 spiro atoms. The monoisotopic (exact) mass is 280 g/mol. The van der Waals surface area contributed by atoms with Crippen LogP contribution >= 0.6 is 0 Å². The van der Waals surface area contributed by atoms with Crippen LogP contribution in [-0.4, -0.2) is 21.0 Å². The van der Waals surface area contributed by atoms with E-state index >= 15 is 0 Å². The fourth-order valence-electron chi connectivity index (χ4n) is 2.87. The van der Waals surface area contributed by atoms with Gasteiger partial charge in [0.05, 0.1) is 17.8 Å². The SMILES string of the molecule is CCCCC(CC)C(O)Cc1ccn(C(CC)CC)n1. The molecule has 1 aromatic rings. The van der Waals surface area contributed by atoms with Crippen LogP contribution in [0.15, 0.2) is 12.3 Å². The highest BCUT2D eigenvalue weighted by atomic mass is 16.3. The summed E-state index contributed by atoms with van der Waals surface area (Å²) in [5.41, 5.74) is 1.03. The predicted octanol–water partition coefficient (Wildman–Crippen LogP) is 4.36. The van der Waals surface area contributed by atoms with Gasteiger partial charge in [-0.25, -0.2) is 0 Å². The summed E-state index contributed by atoms with van der Waals surface area (Å²) in [6, 6.07) is 2.55. The summed E-state index contributed by atoms with van der Waals surface area (Å²) in [7, 11) is 0. The molecule has 1 aromatic heterocycles. The Balaban J connectivity index is 2.58. The fraction of sp³-hybridized carbons (Fsp3) is 0.824. The van der Waals surface area contributed by atoms with Crippen LogP contribution in [0.5, 0.6) is 0 Å². The number of rotatable bonds is 10. The molecule has 0 aromatic carbocycles. The first kappa shape index (κ1) is 17.2. The van der Waals surface area contributed by atoms with E-state index in [4.69, 9.17) is 0 Å². The van der Waals surface area contributed by atoms with E-state index in [1.807, 2.05) is 0 Å². The first-order valence-corrected chi connectivity index (χ1v) is 8.38. The minimum atomic E-state index is -0.253. The zero-order valence-corrected chi connectivity index (χ0v) is 13.7. The van der Waals surface area contributed by atoms with Gasteiger partial charge in [0.15, 0.2) is 0 Å². The lowest BCUT2D eigenvalue weighted by molar-refractivity contribution is 0.0976. The van der Waals surface area contributed by atoms with Gasteiger partial charge in [0, 0.05) is 12.6 Å². The number of hydrogen-bond donors (Lipinski definition) is 1. The Morgan fingerprint density at radius 1 is 1.15 bits per heavy atom. The normalized spacial score (nSPS) is 14.7. The molecule has 0 aliphatic rings. The number of hydrogen-bond acceptors (Lipinski definition) is 2. The molecule has 0 aliphatic heterocycles. The minimum absolute atomic E-state index is 0.253. The molecule has 0 saturated carbocycles. The highest BCUT2D eigenvalue weighted by Gasteiger charge is 2.19. The van der Waals surface area contributed by atoms with Gasteiger partial charge in [-0.15, -0.1) is 0 Å². The second-order valence-corrected chi connectivity index (χ2v) is 5.84. The molecule has 3 nitrogen and oxygen atoms in total. The molecule has 0 radical (unpaired) electrons. The second-order valence-electron chi connectivity index (χ2n) is 5.84. The Morgan fingerprint density at radius 3 is 2.40 bits per heavy atom. The maximum atomic E-state index is 10.4. The van der Waals surface area contributed by atoms with E-state index in [9.17, 15) is 5.11 Å². The summed E-state index contributed by atoms with van der Waals surface area (Å²) < 4.78 is 2.06. The molecule has 3 heteroatoms. The standard InChI is InChI=1S/C17H32N2O/c1-5-9-10-14(6-2)17(20)13-15-11-12-19(18-15)16(7-3)8-4/h11-12,14,16-17,20H,5-10,13H2,1-4H3. The van der Waals surface area contributed by atoms with Gasteiger partial charge in [-0.1, -0.05) is 47.0 Å². The summed E-state index contributed by atoms with van der Waals surface area (Å²) in [5, 5.41) is 15.0. The Morgan fingerprint density at radius 2 is 1.85 bits per heavy atom. The van der Waals surface area contributed by atoms with E-state index in [1.165, 1.54) is 12.8 Å². The number of nitrogens with zero attached hydrogens (tertiary/aromatic N) is 2. The van der Waals surface area contributed by atoms with E-state index in [0.29, 0.717) is 18.4 Å². The van der Waals surface area contributed by atoms with Crippen molar-refractivity contribution in [3.63, 3.8) is 0 Å². The van der Waals surface area contributed by atoms with Gasteiger partial charge < -0.3 is 5.11 Å². The number of aliphatic hydroxyl groups excluding tert-OH is 1. The molecule has 1 rings (SSSR count). The highest BCUT2D eigenvalue weighted by Crippen LogP contribution is 2.20. The van der Waals surface area contributed by atoms with Gasteiger partial charge in [-0.05, 0) is 31.2 Å². The lowest BCUT2D eigenvalue weighted by Crippen LogP contribution is -2.23. The molecule has 116 valence electrons. The van der Waals surface area contributed by atoms with Gasteiger partial charge >= 0.3 is 0 Å². The van der Waals surface area contributed by atoms with Crippen LogP contribution < -0.4 is 0 Å². The third-order valence-electron chi connectivity index (χ3n) is 4.40. The molecule has 1 N–H and O–H groups in total. The number of aromatic nitrogens is 2. The summed E-state index contributed by atoms with van der Waals surface area (Å²) in [6.45, 7) is 8.77. The molecule has 20 heavy (non-hydrogen) atoms. The van der Waals surface area contributed by atoms with Crippen LogP contribution in [-0.2, 0) is 6.42 Å². The van der Waals surface area contributed by atoms with Gasteiger partial charge in [0.25, 0.3) is 0 Å². The average molecular weight is 280 g/mol. The zero-order chi connectivity index (χ0) is 15.0. The maximum absolute atomic E-state index is 10.4. The molecule has 0 bridgehead atoms. The van der Waals surface area contributed by atoms with E-state index in [0.717, 1.165) is 31.4 Å². The van der Waals surface area contributed by atoms with Crippen LogP contribution in [0.25, 0.3) is 0 Å². The van der Waals surface area contributed by atoms with Crippen molar-refractivity contribution in [1.82, 2.24) is 9.78 Å². The quantitative estimate of drug-likeness (QED) is 0.691. The van der Waals surface area contributed by atoms with Crippen molar-refractivity contribution in [2.45, 2.75) is 84.8 Å². The molecule has 0 fully saturated rings. The van der Waals surface area contributed by atoms with Crippen LogP contribution in [0.4, 0.5) is 0 Å². The van der Waals surface area contributed by atoms with E-state index in [2.05, 4.69) is 49.7 Å². The summed E-state index contributed by atoms with van der Waals surface area (Å²) >= 11 is 0. The Bertz CT molecular complexity index is 358. The van der Waals surface area contributed by atoms with Crippen LogP contribution in [0.1, 0.15) is 78.0 Å². The van der Waals surface area contributed by atoms with Crippen molar-refractivity contribution in [3.05, 3.63) is 18.0 Å². The molecule has 0 aliphatic carbocycles. The molecular formula is C17H32N2O. The zero-order valence-electron chi connectivity index (χ0n) is 13.7. The van der Waals surface area contributed by atoms with Crippen molar-refractivity contribution >= 4 is 0 Å². The topological polar surface area (TPSA) is 38.0 Å². The smallest absolute Gasteiger partial charge is 0.0650 e. The minimum Gasteiger partial charge on any atom is -0.392 e. The molecule has 2 unspecified atom stereocenters. The Hall–Kier alpha value is -0.830. The average Bonchev–Trinajstić information content (AvgIpc) is 2.89. The van der Waals surface area contributed by atoms with Crippen molar-refractivity contribution in [2.75, 3.05) is 0 Å². The molecule has 0 amide bonds. The molecule has 0 saturated heterocycles. The van der Waals surface area contributed by atoms with Crippen LogP contribution in [0.3, 0.4) is 0 Å². The predicted molar refractivity (Wildman–Crippen MR) is 84.9 cm³/mol. The van der Waals surface area contributed by atoms with Gasteiger partial charge in [-0.3, -0.25) is 4.68 Å². The van der Waals surface area contributed by atoms with Crippen LogP contribution in [0.2, 0.25) is 0 Å². The molecular weight excluding hydrogens is 248 g/mol. The summed E-state index contributed by atoms with van der Waals surface area (Å²) in [5.74, 6) is 0.410. The molecule has 2 atom stereocenters. The van der Waals surface area contributed by atoms with Crippen molar-refractivity contribution in [1.29, 1.82) is 0 Å². The maximum Gasteiger partial charge on any atom is 0.0650 e. The first-order chi connectivity index (χ1) is 9.65. The summed E-state index contributed by atoms with van der Waals surface area (Å²) in [4.78, 5) is 0. The Labute approximate surface area is 124 Å². The van der Waals surface area contributed by atoms with Gasteiger partial charge in [-0.2, -0.15) is 5.10 Å². The number of aliphatic hydroxyl groups is 1. The Kier molecular flexibility index (Phi) is 7.90.